The zero-order valence-electron chi connectivity index (χ0n) is 6.46. The third-order valence-electron chi connectivity index (χ3n) is 2.05. The van der Waals surface area contributed by atoms with Gasteiger partial charge in [-0.25, -0.2) is 0 Å². The summed E-state index contributed by atoms with van der Waals surface area (Å²) < 4.78 is 0. The number of hydrogen-bond acceptors (Lipinski definition) is 0. The predicted molar refractivity (Wildman–Crippen MR) is 46.4 cm³/mol. The molecule has 0 bridgehead atoms. The van der Waals surface area contributed by atoms with Gasteiger partial charge in [0.25, 0.3) is 0 Å². The molecular weight excluding hydrogens is 203 g/mol. The van der Waals surface area contributed by atoms with Gasteiger partial charge in [-0.3, -0.25) is 0 Å². The maximum absolute atomic E-state index is 2.40. The Hall–Kier alpha value is 1.29. The Balaban J connectivity index is -0.000000163. The molecule has 0 aliphatic heterocycles. The van der Waals surface area contributed by atoms with Gasteiger partial charge in [-0.05, 0) is 0 Å². The summed E-state index contributed by atoms with van der Waals surface area (Å²) in [5.41, 5.74) is 0. The SMILES string of the molecule is CC1C[CH-]CC1C.Cl.Cl.[Ti]. The molecule has 1 aliphatic rings. The normalized spacial score (nSPS) is 29.4. The van der Waals surface area contributed by atoms with E-state index in [1.54, 1.807) is 0 Å². The fraction of sp³-hybridized carbons (Fsp3) is 0.857. The topological polar surface area (TPSA) is 0 Å². The Labute approximate surface area is 91.2 Å². The first-order valence-corrected chi connectivity index (χ1v) is 3.12. The predicted octanol–water partition coefficient (Wildman–Crippen LogP) is 3.10. The summed E-state index contributed by atoms with van der Waals surface area (Å²) in [5.74, 6) is 1.92. The third kappa shape index (κ3) is 5.01. The molecule has 0 heterocycles. The molecule has 0 N–H and O–H groups in total. The first-order chi connectivity index (χ1) is 3.30. The van der Waals surface area contributed by atoms with Gasteiger partial charge in [0.05, 0.1) is 0 Å². The van der Waals surface area contributed by atoms with Crippen molar-refractivity contribution in [2.45, 2.75) is 26.7 Å². The Morgan fingerprint density at radius 2 is 1.30 bits per heavy atom. The quantitative estimate of drug-likeness (QED) is 0.432. The molecule has 0 radical (unpaired) electrons. The van der Waals surface area contributed by atoms with Gasteiger partial charge in [0.1, 0.15) is 0 Å². The van der Waals surface area contributed by atoms with Gasteiger partial charge < -0.3 is 6.42 Å². The van der Waals surface area contributed by atoms with Crippen LogP contribution in [0.2, 0.25) is 0 Å². The van der Waals surface area contributed by atoms with Crippen molar-refractivity contribution >= 4 is 24.8 Å². The van der Waals surface area contributed by atoms with Crippen molar-refractivity contribution in [3.05, 3.63) is 6.42 Å². The van der Waals surface area contributed by atoms with Crippen LogP contribution in [0.15, 0.2) is 0 Å². The van der Waals surface area contributed by atoms with Crippen LogP contribution in [0.4, 0.5) is 0 Å². The van der Waals surface area contributed by atoms with Crippen LogP contribution >= 0.6 is 24.8 Å². The molecule has 0 amide bonds. The molecule has 0 spiro atoms. The van der Waals surface area contributed by atoms with Gasteiger partial charge in [-0.1, -0.05) is 25.7 Å². The number of hydrogen-bond donors (Lipinski definition) is 0. The van der Waals surface area contributed by atoms with Crippen LogP contribution in [0.5, 0.6) is 0 Å². The van der Waals surface area contributed by atoms with E-state index in [1.165, 1.54) is 12.8 Å². The van der Waals surface area contributed by atoms with E-state index in [0.29, 0.717) is 0 Å². The molecule has 1 saturated carbocycles. The average molecular weight is 218 g/mol. The fourth-order valence-electron chi connectivity index (χ4n) is 1.09. The van der Waals surface area contributed by atoms with Gasteiger partial charge >= 0.3 is 0 Å². The molecule has 0 aromatic rings. The summed E-state index contributed by atoms with van der Waals surface area (Å²) in [6.45, 7) is 4.66. The van der Waals surface area contributed by atoms with Crippen molar-refractivity contribution in [3.63, 3.8) is 0 Å². The summed E-state index contributed by atoms with van der Waals surface area (Å²) in [6, 6.07) is 0. The van der Waals surface area contributed by atoms with Crippen LogP contribution in [0, 0.1) is 18.3 Å². The zero-order valence-corrected chi connectivity index (χ0v) is 9.66. The molecule has 10 heavy (non-hydrogen) atoms. The van der Waals surface area contributed by atoms with E-state index in [4.69, 9.17) is 0 Å². The van der Waals surface area contributed by atoms with Crippen molar-refractivity contribution in [1.29, 1.82) is 0 Å². The van der Waals surface area contributed by atoms with Gasteiger partial charge in [-0.15, -0.1) is 24.8 Å². The van der Waals surface area contributed by atoms with Gasteiger partial charge in [0, 0.05) is 21.7 Å². The maximum atomic E-state index is 2.40. The summed E-state index contributed by atoms with van der Waals surface area (Å²) in [5, 5.41) is 0. The molecule has 0 aromatic heterocycles. The molecule has 0 saturated heterocycles. The summed E-state index contributed by atoms with van der Waals surface area (Å²) in [7, 11) is 0. The Kier molecular flexibility index (Phi) is 14.6. The molecule has 62 valence electrons. The third-order valence-corrected chi connectivity index (χ3v) is 2.05. The van der Waals surface area contributed by atoms with Gasteiger partial charge in [0.15, 0.2) is 0 Å². The van der Waals surface area contributed by atoms with Crippen LogP contribution in [0.25, 0.3) is 0 Å². The summed E-state index contributed by atoms with van der Waals surface area (Å²) in [6.07, 6.45) is 5.09. The summed E-state index contributed by atoms with van der Waals surface area (Å²) >= 11 is 0. The Morgan fingerprint density at radius 1 is 1.00 bits per heavy atom. The maximum Gasteiger partial charge on any atom is 0 e. The molecule has 2 atom stereocenters. The van der Waals surface area contributed by atoms with Crippen molar-refractivity contribution < 1.29 is 21.7 Å². The van der Waals surface area contributed by atoms with E-state index in [1.807, 2.05) is 0 Å². The second kappa shape index (κ2) is 8.39. The van der Waals surface area contributed by atoms with E-state index in [9.17, 15) is 0 Å². The molecule has 1 fully saturated rings. The van der Waals surface area contributed by atoms with Crippen LogP contribution in [-0.2, 0) is 21.7 Å². The van der Waals surface area contributed by atoms with E-state index >= 15 is 0 Å². The second-order valence-electron chi connectivity index (χ2n) is 2.71. The van der Waals surface area contributed by atoms with E-state index in [-0.39, 0.29) is 46.5 Å². The monoisotopic (exact) mass is 217 g/mol. The first kappa shape index (κ1) is 17.4. The molecule has 0 aromatic carbocycles. The molecular formula is C7H15Cl2Ti-. The smallest absolute Gasteiger partial charge is 0 e. The Bertz CT molecular complexity index is 60.6. The van der Waals surface area contributed by atoms with Crippen molar-refractivity contribution in [2.24, 2.45) is 11.8 Å². The summed E-state index contributed by atoms with van der Waals surface area (Å²) in [4.78, 5) is 0. The van der Waals surface area contributed by atoms with Crippen LogP contribution in [0.3, 0.4) is 0 Å². The largest absolute Gasteiger partial charge is 0.328 e. The van der Waals surface area contributed by atoms with Crippen LogP contribution < -0.4 is 0 Å². The number of halogens is 2. The number of rotatable bonds is 0. The van der Waals surface area contributed by atoms with E-state index in [0.717, 1.165) is 11.8 Å². The molecule has 3 heteroatoms. The molecule has 0 nitrogen and oxygen atoms in total. The minimum Gasteiger partial charge on any atom is -0.328 e. The minimum atomic E-state index is 0. The molecule has 1 rings (SSSR count). The molecule has 1 aliphatic carbocycles. The average Bonchev–Trinajstić information content (AvgIpc) is 1.91. The van der Waals surface area contributed by atoms with Crippen molar-refractivity contribution in [3.8, 4) is 0 Å². The van der Waals surface area contributed by atoms with Crippen molar-refractivity contribution in [2.75, 3.05) is 0 Å². The van der Waals surface area contributed by atoms with E-state index < -0.39 is 0 Å². The zero-order chi connectivity index (χ0) is 5.28. The van der Waals surface area contributed by atoms with Gasteiger partial charge in [-0.2, -0.15) is 12.8 Å². The van der Waals surface area contributed by atoms with E-state index in [2.05, 4.69) is 20.3 Å². The standard InChI is InChI=1S/C7H13.2ClH.Ti/c1-6-4-3-5-7(6)2;;;/h3,6-7H,4-5H2,1-2H3;2*1H;/q-1;;;. The van der Waals surface area contributed by atoms with Crippen LogP contribution in [-0.4, -0.2) is 0 Å². The fourth-order valence-corrected chi connectivity index (χ4v) is 1.09. The first-order valence-electron chi connectivity index (χ1n) is 3.12. The van der Waals surface area contributed by atoms with Gasteiger partial charge in [0.2, 0.25) is 0 Å². The van der Waals surface area contributed by atoms with Crippen molar-refractivity contribution in [1.82, 2.24) is 0 Å². The Morgan fingerprint density at radius 3 is 1.40 bits per heavy atom. The second-order valence-corrected chi connectivity index (χ2v) is 2.71. The minimum absolute atomic E-state index is 0. The van der Waals surface area contributed by atoms with Crippen LogP contribution in [0.1, 0.15) is 26.7 Å². The molecule has 2 unspecified atom stereocenters.